The number of hydrogen-bond donors (Lipinski definition) is 1. The highest BCUT2D eigenvalue weighted by molar-refractivity contribution is 7.90. The van der Waals surface area contributed by atoms with Crippen molar-refractivity contribution in [3.8, 4) is 0 Å². The lowest BCUT2D eigenvalue weighted by molar-refractivity contribution is -0.123. The molecule has 0 aromatic heterocycles. The number of rotatable bonds is 5. The molecular weight excluding hydrogens is 298 g/mol. The summed E-state index contributed by atoms with van der Waals surface area (Å²) in [6, 6.07) is 7.55. The van der Waals surface area contributed by atoms with Gasteiger partial charge >= 0.3 is 0 Å². The van der Waals surface area contributed by atoms with Crippen molar-refractivity contribution in [3.05, 3.63) is 35.4 Å². The summed E-state index contributed by atoms with van der Waals surface area (Å²) in [5, 5.41) is 0. The monoisotopic (exact) mass is 325 g/mol. The third-order valence-electron chi connectivity index (χ3n) is 3.71. The molecule has 0 fully saturated rings. The molecule has 1 aromatic rings. The highest BCUT2D eigenvalue weighted by Crippen LogP contribution is 2.24. The van der Waals surface area contributed by atoms with Crippen LogP contribution < -0.4 is 4.72 Å². The number of sulfonamides is 1. The fourth-order valence-electron chi connectivity index (χ4n) is 1.86. The highest BCUT2D eigenvalue weighted by Gasteiger charge is 2.32. The summed E-state index contributed by atoms with van der Waals surface area (Å²) in [5.41, 5.74) is 0.895. The molecule has 0 aliphatic rings. The molecule has 1 N–H and O–H groups in total. The average molecular weight is 325 g/mol. The topological polar surface area (TPSA) is 63.2 Å². The Morgan fingerprint density at radius 1 is 1.05 bits per heavy atom. The van der Waals surface area contributed by atoms with Gasteiger partial charge in [-0.15, -0.1) is 0 Å². The number of carbonyl (C=O) groups excluding carboxylic acids is 1. The predicted octanol–water partition coefficient (Wildman–Crippen LogP) is 3.15. The number of amides is 1. The van der Waals surface area contributed by atoms with Crippen molar-refractivity contribution in [2.24, 2.45) is 5.41 Å². The Kier molecular flexibility index (Phi) is 5.44. The lowest BCUT2D eigenvalue weighted by atomic mass is 9.84. The largest absolute Gasteiger partial charge is 0.273 e. The van der Waals surface area contributed by atoms with E-state index in [1.807, 2.05) is 52.0 Å². The Bertz CT molecular complexity index is 623. The maximum atomic E-state index is 12.4. The van der Waals surface area contributed by atoms with Crippen molar-refractivity contribution in [1.82, 2.24) is 4.72 Å². The van der Waals surface area contributed by atoms with Crippen molar-refractivity contribution < 1.29 is 13.2 Å². The second kappa shape index (κ2) is 6.41. The normalized spacial score (nSPS) is 13.0. The first-order valence-corrected chi connectivity index (χ1v) is 9.11. The van der Waals surface area contributed by atoms with Crippen molar-refractivity contribution in [1.29, 1.82) is 0 Å². The average Bonchev–Trinajstić information content (AvgIpc) is 2.36. The molecule has 0 heterocycles. The summed E-state index contributed by atoms with van der Waals surface area (Å²) in [7, 11) is -3.61. The van der Waals surface area contributed by atoms with Crippen molar-refractivity contribution in [3.63, 3.8) is 0 Å². The molecule has 22 heavy (non-hydrogen) atoms. The van der Waals surface area contributed by atoms with Crippen LogP contribution in [-0.4, -0.2) is 20.1 Å². The van der Waals surface area contributed by atoms with Crippen LogP contribution in [-0.2, 0) is 20.2 Å². The van der Waals surface area contributed by atoms with Gasteiger partial charge in [-0.05, 0) is 38.2 Å². The van der Waals surface area contributed by atoms with Crippen LogP contribution in [0.5, 0.6) is 0 Å². The van der Waals surface area contributed by atoms with E-state index in [1.54, 1.807) is 13.8 Å². The SMILES string of the molecule is Cc1ccc(C(C)(C)C(=O)NS(=O)(=O)CCC(C)(C)C)cc1. The Labute approximate surface area is 134 Å². The van der Waals surface area contributed by atoms with Crippen LogP contribution in [0.3, 0.4) is 0 Å². The van der Waals surface area contributed by atoms with Crippen LogP contribution in [0.25, 0.3) is 0 Å². The quantitative estimate of drug-likeness (QED) is 0.904. The molecule has 0 saturated heterocycles. The lowest BCUT2D eigenvalue weighted by Crippen LogP contribution is -2.44. The third-order valence-corrected chi connectivity index (χ3v) is 4.95. The second-order valence-electron chi connectivity index (χ2n) is 7.55. The maximum Gasteiger partial charge on any atom is 0.243 e. The summed E-state index contributed by atoms with van der Waals surface area (Å²) in [6.45, 7) is 11.3. The molecule has 1 rings (SSSR count). The minimum absolute atomic E-state index is 0.0494. The minimum Gasteiger partial charge on any atom is -0.273 e. The third kappa shape index (κ3) is 5.44. The first kappa shape index (κ1) is 18.7. The summed E-state index contributed by atoms with van der Waals surface area (Å²) in [4.78, 5) is 12.4. The van der Waals surface area contributed by atoms with Gasteiger partial charge in [0, 0.05) is 0 Å². The molecule has 0 atom stereocenters. The van der Waals surface area contributed by atoms with Crippen molar-refractivity contribution in [2.45, 2.75) is 53.4 Å². The van der Waals surface area contributed by atoms with E-state index >= 15 is 0 Å². The molecule has 0 aliphatic carbocycles. The molecule has 0 radical (unpaired) electrons. The predicted molar refractivity (Wildman–Crippen MR) is 90.2 cm³/mol. The first-order chi connectivity index (χ1) is 9.83. The Morgan fingerprint density at radius 3 is 2.00 bits per heavy atom. The van der Waals surface area contributed by atoms with Crippen molar-refractivity contribution in [2.75, 3.05) is 5.75 Å². The van der Waals surface area contributed by atoms with E-state index in [4.69, 9.17) is 0 Å². The van der Waals surface area contributed by atoms with Gasteiger partial charge in [0.1, 0.15) is 0 Å². The molecule has 1 aromatic carbocycles. The highest BCUT2D eigenvalue weighted by atomic mass is 32.2. The van der Waals surface area contributed by atoms with Gasteiger partial charge in [0.15, 0.2) is 0 Å². The van der Waals surface area contributed by atoms with Gasteiger partial charge in [0.2, 0.25) is 15.9 Å². The Hall–Kier alpha value is -1.36. The molecule has 0 unspecified atom stereocenters. The van der Waals surface area contributed by atoms with E-state index in [2.05, 4.69) is 4.72 Å². The fourth-order valence-corrected chi connectivity index (χ4v) is 3.38. The van der Waals surface area contributed by atoms with Gasteiger partial charge in [-0.2, -0.15) is 0 Å². The van der Waals surface area contributed by atoms with Gasteiger partial charge in [-0.1, -0.05) is 50.6 Å². The Balaban J connectivity index is 2.84. The lowest BCUT2D eigenvalue weighted by Gasteiger charge is -2.25. The molecule has 0 spiro atoms. The maximum absolute atomic E-state index is 12.4. The molecule has 1 amide bonds. The van der Waals surface area contributed by atoms with Gasteiger partial charge < -0.3 is 0 Å². The molecule has 0 saturated carbocycles. The molecule has 5 heteroatoms. The first-order valence-electron chi connectivity index (χ1n) is 7.46. The standard InChI is InChI=1S/C17H27NO3S/c1-13-7-9-14(10-8-13)17(5,6)15(19)18-22(20,21)12-11-16(2,3)4/h7-10H,11-12H2,1-6H3,(H,18,19). The van der Waals surface area contributed by atoms with Crippen LogP contribution in [0.2, 0.25) is 0 Å². The van der Waals surface area contributed by atoms with Gasteiger partial charge in [-0.3, -0.25) is 9.52 Å². The van der Waals surface area contributed by atoms with E-state index in [0.29, 0.717) is 6.42 Å². The number of nitrogens with one attached hydrogen (secondary N) is 1. The Morgan fingerprint density at radius 2 is 1.55 bits per heavy atom. The van der Waals surface area contributed by atoms with Gasteiger partial charge in [0.25, 0.3) is 0 Å². The number of aryl methyl sites for hydroxylation is 1. The zero-order chi connectivity index (χ0) is 17.2. The summed E-state index contributed by atoms with van der Waals surface area (Å²) >= 11 is 0. The second-order valence-corrected chi connectivity index (χ2v) is 9.39. The number of hydrogen-bond acceptors (Lipinski definition) is 3. The van der Waals surface area contributed by atoms with E-state index in [0.717, 1.165) is 11.1 Å². The van der Waals surface area contributed by atoms with Crippen LogP contribution in [0.1, 0.15) is 52.2 Å². The van der Waals surface area contributed by atoms with E-state index in [1.165, 1.54) is 0 Å². The molecular formula is C17H27NO3S. The van der Waals surface area contributed by atoms with Crippen LogP contribution in [0.4, 0.5) is 0 Å². The minimum atomic E-state index is -3.61. The molecule has 0 aliphatic heterocycles. The van der Waals surface area contributed by atoms with Crippen LogP contribution in [0.15, 0.2) is 24.3 Å². The van der Waals surface area contributed by atoms with Gasteiger partial charge in [0.05, 0.1) is 11.2 Å². The van der Waals surface area contributed by atoms with E-state index < -0.39 is 21.3 Å². The van der Waals surface area contributed by atoms with Gasteiger partial charge in [-0.25, -0.2) is 8.42 Å². The smallest absolute Gasteiger partial charge is 0.243 e. The zero-order valence-corrected chi connectivity index (χ0v) is 15.2. The molecule has 124 valence electrons. The number of carbonyl (C=O) groups is 1. The summed E-state index contributed by atoms with van der Waals surface area (Å²) < 4.78 is 26.4. The molecule has 4 nitrogen and oxygen atoms in total. The fraction of sp³-hybridized carbons (Fsp3) is 0.588. The summed E-state index contributed by atoms with van der Waals surface area (Å²) in [5.74, 6) is -0.545. The van der Waals surface area contributed by atoms with Crippen LogP contribution >= 0.6 is 0 Å². The van der Waals surface area contributed by atoms with E-state index in [-0.39, 0.29) is 11.2 Å². The number of benzene rings is 1. The molecule has 0 bridgehead atoms. The zero-order valence-electron chi connectivity index (χ0n) is 14.4. The van der Waals surface area contributed by atoms with Crippen LogP contribution in [0, 0.1) is 12.3 Å². The van der Waals surface area contributed by atoms with E-state index in [9.17, 15) is 13.2 Å². The van der Waals surface area contributed by atoms with Crippen molar-refractivity contribution >= 4 is 15.9 Å². The summed E-state index contributed by atoms with van der Waals surface area (Å²) in [6.07, 6.45) is 0.501.